The summed E-state index contributed by atoms with van der Waals surface area (Å²) in [5, 5.41) is 14.3. The lowest BCUT2D eigenvalue weighted by Crippen LogP contribution is -2.51. The number of rotatable bonds is 6. The molecular weight excluding hydrogens is 457 g/mol. The number of anilines is 1. The van der Waals surface area contributed by atoms with Crippen LogP contribution in [0.15, 0.2) is 24.7 Å². The number of benzene rings is 1. The van der Waals surface area contributed by atoms with E-state index in [9.17, 15) is 9.50 Å². The first-order valence-corrected chi connectivity index (χ1v) is 11.9. The van der Waals surface area contributed by atoms with Gasteiger partial charge in [0, 0.05) is 37.3 Å². The summed E-state index contributed by atoms with van der Waals surface area (Å²) < 4.78 is 16.9. The van der Waals surface area contributed by atoms with E-state index in [2.05, 4.69) is 30.1 Å². The van der Waals surface area contributed by atoms with Crippen molar-refractivity contribution in [1.82, 2.24) is 29.3 Å². The van der Waals surface area contributed by atoms with E-state index in [0.29, 0.717) is 39.8 Å². The van der Waals surface area contributed by atoms with Crippen LogP contribution in [0.2, 0.25) is 5.02 Å². The Balaban J connectivity index is 1.57. The molecule has 3 aromatic rings. The van der Waals surface area contributed by atoms with Gasteiger partial charge in [-0.1, -0.05) is 11.6 Å². The molecule has 2 aromatic heterocycles. The third-order valence-electron chi connectivity index (χ3n) is 6.19. The van der Waals surface area contributed by atoms with E-state index in [-0.39, 0.29) is 11.6 Å². The molecule has 8 nitrogen and oxygen atoms in total. The second kappa shape index (κ2) is 9.73. The molecule has 1 aliphatic rings. The van der Waals surface area contributed by atoms with Gasteiger partial charge in [-0.05, 0) is 53.4 Å². The predicted molar refractivity (Wildman–Crippen MR) is 134 cm³/mol. The first-order chi connectivity index (χ1) is 16.0. The molecule has 0 spiro atoms. The highest BCUT2D eigenvalue weighted by atomic mass is 35.5. The van der Waals surface area contributed by atoms with Crippen LogP contribution in [0.3, 0.4) is 0 Å². The largest absolute Gasteiger partial charge is 0.390 e. The molecule has 1 aromatic carbocycles. The van der Waals surface area contributed by atoms with E-state index < -0.39 is 11.9 Å². The third kappa shape index (κ3) is 5.33. The number of aliphatic hydroxyl groups is 1. The molecule has 34 heavy (non-hydrogen) atoms. The number of likely N-dealkylation sites (tertiary alicyclic amines) is 1. The quantitative estimate of drug-likeness (QED) is 0.548. The Bertz CT molecular complexity index is 1160. The zero-order chi connectivity index (χ0) is 24.6. The lowest BCUT2D eigenvalue weighted by atomic mass is 10.0. The van der Waals surface area contributed by atoms with Crippen molar-refractivity contribution in [2.24, 2.45) is 0 Å². The molecule has 0 saturated carbocycles. The van der Waals surface area contributed by atoms with Crippen LogP contribution in [-0.2, 0) is 5.54 Å². The number of β-amino-alcohol motifs (C(OH)–C–C–N with tert-alkyl or cyclic N) is 1. The van der Waals surface area contributed by atoms with Crippen molar-refractivity contribution in [3.63, 3.8) is 0 Å². The SMILES string of the molecule is CN(C)CCN1CC[C@@H](Nc2ncc(Cl)c(-c3cc(F)c4ncn(C(C)(C)C)c4c3)n2)[C@H](O)C1. The van der Waals surface area contributed by atoms with Crippen LogP contribution in [-0.4, -0.2) is 86.8 Å². The summed E-state index contributed by atoms with van der Waals surface area (Å²) in [6, 6.07) is 3.08. The molecule has 0 bridgehead atoms. The maximum absolute atomic E-state index is 14.9. The van der Waals surface area contributed by atoms with Gasteiger partial charge in [0.05, 0.1) is 40.9 Å². The molecule has 2 N–H and O–H groups in total. The third-order valence-corrected chi connectivity index (χ3v) is 6.47. The second-order valence-corrected chi connectivity index (χ2v) is 10.6. The number of nitrogens with one attached hydrogen (secondary N) is 1. The zero-order valence-electron chi connectivity index (χ0n) is 20.4. The smallest absolute Gasteiger partial charge is 0.223 e. The first-order valence-electron chi connectivity index (χ1n) is 11.5. The van der Waals surface area contributed by atoms with Gasteiger partial charge in [-0.25, -0.2) is 19.3 Å². The van der Waals surface area contributed by atoms with Crippen LogP contribution in [0.5, 0.6) is 0 Å². The fourth-order valence-corrected chi connectivity index (χ4v) is 4.46. The van der Waals surface area contributed by atoms with Gasteiger partial charge in [0.15, 0.2) is 5.82 Å². The molecule has 0 radical (unpaired) electrons. The average molecular weight is 490 g/mol. The fourth-order valence-electron chi connectivity index (χ4n) is 4.26. The van der Waals surface area contributed by atoms with Crippen molar-refractivity contribution in [2.45, 2.75) is 44.9 Å². The van der Waals surface area contributed by atoms with E-state index in [1.165, 1.54) is 12.3 Å². The first kappa shape index (κ1) is 24.8. The van der Waals surface area contributed by atoms with E-state index in [1.54, 1.807) is 6.33 Å². The minimum Gasteiger partial charge on any atom is -0.390 e. The van der Waals surface area contributed by atoms with E-state index in [1.807, 2.05) is 45.5 Å². The van der Waals surface area contributed by atoms with Crippen molar-refractivity contribution in [3.05, 3.63) is 35.5 Å². The van der Waals surface area contributed by atoms with Gasteiger partial charge >= 0.3 is 0 Å². The summed E-state index contributed by atoms with van der Waals surface area (Å²) >= 11 is 6.43. The molecule has 3 heterocycles. The number of imidazole rings is 1. The van der Waals surface area contributed by atoms with Crippen LogP contribution in [0.25, 0.3) is 22.3 Å². The predicted octanol–water partition coefficient (Wildman–Crippen LogP) is 3.45. The molecule has 0 aliphatic carbocycles. The molecule has 2 atom stereocenters. The Morgan fingerprint density at radius 1 is 1.26 bits per heavy atom. The van der Waals surface area contributed by atoms with Gasteiger partial charge in [0.2, 0.25) is 5.95 Å². The molecular formula is C24H33ClFN7O. The Morgan fingerprint density at radius 2 is 2.03 bits per heavy atom. The number of piperidine rings is 1. The normalized spacial score (nSPS) is 19.8. The molecule has 1 aliphatic heterocycles. The van der Waals surface area contributed by atoms with Crippen molar-refractivity contribution >= 4 is 28.6 Å². The topological polar surface area (TPSA) is 82.3 Å². The van der Waals surface area contributed by atoms with Crippen molar-refractivity contribution in [3.8, 4) is 11.3 Å². The van der Waals surface area contributed by atoms with Crippen molar-refractivity contribution < 1.29 is 9.50 Å². The van der Waals surface area contributed by atoms with Gasteiger partial charge in [0.25, 0.3) is 0 Å². The molecule has 1 fully saturated rings. The number of aromatic nitrogens is 4. The summed E-state index contributed by atoms with van der Waals surface area (Å²) in [7, 11) is 4.08. The molecule has 0 amide bonds. The summed E-state index contributed by atoms with van der Waals surface area (Å²) in [4.78, 5) is 17.5. The summed E-state index contributed by atoms with van der Waals surface area (Å²) in [5.41, 5.74) is 1.70. The summed E-state index contributed by atoms with van der Waals surface area (Å²) in [5.74, 6) is -0.0739. The standard InChI is InChI=1S/C24H33ClFN7O/c1-24(2,3)33-14-28-22-17(26)10-15(11-19(22)33)21-16(25)12-27-23(30-21)29-18-6-7-32(13-20(18)34)9-8-31(4)5/h10-12,14,18,20,34H,6-9,13H2,1-5H3,(H,27,29,30)/t18-,20-/m1/s1. The Morgan fingerprint density at radius 3 is 2.71 bits per heavy atom. The highest BCUT2D eigenvalue weighted by molar-refractivity contribution is 6.33. The average Bonchev–Trinajstić information content (AvgIpc) is 3.20. The number of hydrogen-bond acceptors (Lipinski definition) is 7. The Hall–Kier alpha value is -2.33. The van der Waals surface area contributed by atoms with Gasteiger partial charge in [-0.15, -0.1) is 0 Å². The summed E-state index contributed by atoms with van der Waals surface area (Å²) in [6.45, 7) is 9.44. The fraction of sp³-hybridized carbons (Fsp3) is 0.542. The van der Waals surface area contributed by atoms with Gasteiger partial charge in [-0.2, -0.15) is 0 Å². The van der Waals surface area contributed by atoms with E-state index in [4.69, 9.17) is 11.6 Å². The number of likely N-dealkylation sites (N-methyl/N-ethyl adjacent to an activating group) is 1. The minimum absolute atomic E-state index is 0.175. The molecule has 0 unspecified atom stereocenters. The maximum Gasteiger partial charge on any atom is 0.223 e. The van der Waals surface area contributed by atoms with E-state index in [0.717, 1.165) is 26.1 Å². The number of aliphatic hydroxyl groups excluding tert-OH is 1. The molecule has 4 rings (SSSR count). The molecule has 10 heteroatoms. The van der Waals surface area contributed by atoms with Gasteiger partial charge in [-0.3, -0.25) is 4.90 Å². The van der Waals surface area contributed by atoms with Crippen LogP contribution < -0.4 is 5.32 Å². The second-order valence-electron chi connectivity index (χ2n) is 10.2. The van der Waals surface area contributed by atoms with Crippen LogP contribution >= 0.6 is 11.6 Å². The number of halogens is 2. The van der Waals surface area contributed by atoms with E-state index >= 15 is 0 Å². The van der Waals surface area contributed by atoms with Crippen LogP contribution in [0.1, 0.15) is 27.2 Å². The Kier molecular flexibility index (Phi) is 7.09. The van der Waals surface area contributed by atoms with Crippen molar-refractivity contribution in [2.75, 3.05) is 45.6 Å². The highest BCUT2D eigenvalue weighted by Gasteiger charge is 2.28. The summed E-state index contributed by atoms with van der Waals surface area (Å²) in [6.07, 6.45) is 3.38. The Labute approximate surface area is 204 Å². The number of fused-ring (bicyclic) bond motifs is 1. The lowest BCUT2D eigenvalue weighted by Gasteiger charge is -2.36. The number of nitrogens with zero attached hydrogens (tertiary/aromatic N) is 6. The molecule has 1 saturated heterocycles. The number of hydrogen-bond donors (Lipinski definition) is 2. The molecule has 184 valence electrons. The van der Waals surface area contributed by atoms with Gasteiger partial charge in [0.1, 0.15) is 5.52 Å². The van der Waals surface area contributed by atoms with Crippen LogP contribution in [0, 0.1) is 5.82 Å². The van der Waals surface area contributed by atoms with Crippen LogP contribution in [0.4, 0.5) is 10.3 Å². The lowest BCUT2D eigenvalue weighted by molar-refractivity contribution is 0.0567. The van der Waals surface area contributed by atoms with Crippen molar-refractivity contribution in [1.29, 1.82) is 0 Å². The maximum atomic E-state index is 14.9. The minimum atomic E-state index is -0.548. The zero-order valence-corrected chi connectivity index (χ0v) is 21.1. The highest BCUT2D eigenvalue weighted by Crippen LogP contribution is 2.32. The monoisotopic (exact) mass is 489 g/mol. The van der Waals surface area contributed by atoms with Gasteiger partial charge < -0.3 is 19.9 Å².